The first-order valence-electron chi connectivity index (χ1n) is 7.14. The van der Waals surface area contributed by atoms with Crippen LogP contribution < -0.4 is 0 Å². The number of rotatable bonds is 0. The van der Waals surface area contributed by atoms with Gasteiger partial charge in [0.25, 0.3) is 0 Å². The van der Waals surface area contributed by atoms with Crippen molar-refractivity contribution in [2.24, 2.45) is 0 Å². The van der Waals surface area contributed by atoms with Gasteiger partial charge in [-0.15, -0.1) is 11.8 Å². The topological polar surface area (TPSA) is 49.9 Å². The second kappa shape index (κ2) is 5.47. The molecule has 2 aliphatic heterocycles. The lowest BCUT2D eigenvalue weighted by Gasteiger charge is -2.43. The van der Waals surface area contributed by atoms with E-state index < -0.39 is 5.60 Å². The number of hydrogen-bond acceptors (Lipinski definition) is 4. The Bertz CT molecular complexity index is 398. The number of likely N-dealkylation sites (tertiary alicyclic amines) is 1. The van der Waals surface area contributed by atoms with Crippen molar-refractivity contribution in [3.8, 4) is 0 Å². The Morgan fingerprint density at radius 2 is 1.75 bits per heavy atom. The van der Waals surface area contributed by atoms with Crippen molar-refractivity contribution in [3.63, 3.8) is 0 Å². The summed E-state index contributed by atoms with van der Waals surface area (Å²) in [7, 11) is 0. The zero-order valence-electron chi connectivity index (χ0n) is 12.8. The highest BCUT2D eigenvalue weighted by Crippen LogP contribution is 2.43. The molecule has 2 saturated heterocycles. The van der Waals surface area contributed by atoms with Crippen molar-refractivity contribution in [2.45, 2.75) is 51.0 Å². The van der Waals surface area contributed by atoms with Crippen LogP contribution in [-0.4, -0.2) is 57.7 Å². The first-order chi connectivity index (χ1) is 9.23. The number of amides is 2. The van der Waals surface area contributed by atoms with E-state index in [-0.39, 0.29) is 16.9 Å². The van der Waals surface area contributed by atoms with E-state index in [0.717, 1.165) is 25.1 Å². The van der Waals surface area contributed by atoms with Crippen molar-refractivity contribution in [1.29, 1.82) is 0 Å². The van der Waals surface area contributed by atoms with Crippen LogP contribution in [0.25, 0.3) is 0 Å². The van der Waals surface area contributed by atoms with E-state index in [1.165, 1.54) is 0 Å². The molecular formula is C14H24N2O3S. The molecule has 6 heteroatoms. The quantitative estimate of drug-likeness (QED) is 0.689. The average molecular weight is 300 g/mol. The Hall–Kier alpha value is -0.910. The molecule has 0 aliphatic carbocycles. The maximum absolute atomic E-state index is 12.0. The number of carbonyl (C=O) groups excluding carboxylic acids is 2. The Morgan fingerprint density at radius 1 is 1.15 bits per heavy atom. The maximum atomic E-state index is 12.0. The fourth-order valence-electron chi connectivity index (χ4n) is 2.83. The van der Waals surface area contributed by atoms with E-state index in [0.29, 0.717) is 13.1 Å². The smallest absolute Gasteiger partial charge is 0.410 e. The van der Waals surface area contributed by atoms with E-state index in [1.54, 1.807) is 11.8 Å². The highest BCUT2D eigenvalue weighted by atomic mass is 32.2. The molecule has 0 aromatic heterocycles. The van der Waals surface area contributed by atoms with Crippen LogP contribution in [0.1, 0.15) is 40.5 Å². The van der Waals surface area contributed by atoms with E-state index in [9.17, 15) is 9.59 Å². The van der Waals surface area contributed by atoms with Crippen LogP contribution >= 0.6 is 11.8 Å². The summed E-state index contributed by atoms with van der Waals surface area (Å²) in [5.74, 6) is 1.13. The molecule has 2 fully saturated rings. The minimum absolute atomic E-state index is 0.0929. The van der Waals surface area contributed by atoms with Gasteiger partial charge in [0.1, 0.15) is 5.60 Å². The van der Waals surface area contributed by atoms with Crippen molar-refractivity contribution >= 4 is 23.8 Å². The van der Waals surface area contributed by atoms with Gasteiger partial charge >= 0.3 is 6.09 Å². The molecule has 0 aromatic carbocycles. The summed E-state index contributed by atoms with van der Waals surface area (Å²) >= 11 is 1.86. The molecule has 0 N–H and O–H groups in total. The molecule has 1 spiro atoms. The van der Waals surface area contributed by atoms with Crippen LogP contribution in [0.5, 0.6) is 0 Å². The lowest BCUT2D eigenvalue weighted by Crippen LogP contribution is -2.53. The molecule has 114 valence electrons. The molecular weight excluding hydrogens is 276 g/mol. The zero-order valence-corrected chi connectivity index (χ0v) is 13.6. The fourth-order valence-corrected chi connectivity index (χ4v) is 4.33. The number of carbonyl (C=O) groups is 2. The van der Waals surface area contributed by atoms with Crippen molar-refractivity contribution in [3.05, 3.63) is 0 Å². The highest BCUT2D eigenvalue weighted by Gasteiger charge is 2.46. The molecule has 2 rings (SSSR count). The highest BCUT2D eigenvalue weighted by molar-refractivity contribution is 8.00. The van der Waals surface area contributed by atoms with Gasteiger partial charge in [-0.3, -0.25) is 4.79 Å². The summed E-state index contributed by atoms with van der Waals surface area (Å²) < 4.78 is 5.40. The molecule has 5 nitrogen and oxygen atoms in total. The van der Waals surface area contributed by atoms with Crippen LogP contribution in [0.2, 0.25) is 0 Å². The Morgan fingerprint density at radius 3 is 2.25 bits per heavy atom. The van der Waals surface area contributed by atoms with Gasteiger partial charge in [0.15, 0.2) is 0 Å². The third kappa shape index (κ3) is 3.22. The van der Waals surface area contributed by atoms with Gasteiger partial charge in [-0.25, -0.2) is 4.79 Å². The standard InChI is InChI=1S/C14H24N2O3S/c1-11(17)16-9-10-20-14(16)5-7-15(8-6-14)12(18)19-13(2,3)4/h5-10H2,1-4H3. The zero-order chi connectivity index (χ0) is 15.0. The predicted octanol–water partition coefficient (Wildman–Crippen LogP) is 2.31. The number of ether oxygens (including phenoxy) is 1. The Labute approximate surface area is 125 Å². The van der Waals surface area contributed by atoms with Crippen LogP contribution in [0.15, 0.2) is 0 Å². The molecule has 0 radical (unpaired) electrons. The van der Waals surface area contributed by atoms with Gasteiger partial charge in [0, 0.05) is 32.3 Å². The first kappa shape index (κ1) is 15.5. The molecule has 0 atom stereocenters. The molecule has 2 amide bonds. The fraction of sp³-hybridized carbons (Fsp3) is 0.857. The van der Waals surface area contributed by atoms with E-state index in [4.69, 9.17) is 4.74 Å². The van der Waals surface area contributed by atoms with E-state index in [2.05, 4.69) is 0 Å². The molecule has 0 bridgehead atoms. The van der Waals surface area contributed by atoms with Gasteiger partial charge in [-0.1, -0.05) is 0 Å². The SMILES string of the molecule is CC(=O)N1CCSC12CCN(C(=O)OC(C)(C)C)CC2. The monoisotopic (exact) mass is 300 g/mol. The lowest BCUT2D eigenvalue weighted by atomic mass is 10.0. The Kier molecular flexibility index (Phi) is 4.23. The second-order valence-corrected chi connectivity index (χ2v) is 7.89. The van der Waals surface area contributed by atoms with Crippen LogP contribution in [-0.2, 0) is 9.53 Å². The number of piperidine rings is 1. The Balaban J connectivity index is 1.95. The van der Waals surface area contributed by atoms with Crippen LogP contribution in [0.4, 0.5) is 4.79 Å². The summed E-state index contributed by atoms with van der Waals surface area (Å²) in [6, 6.07) is 0. The second-order valence-electron chi connectivity index (χ2n) is 6.43. The average Bonchev–Trinajstić information content (AvgIpc) is 2.71. The van der Waals surface area contributed by atoms with Crippen molar-refractivity contribution in [2.75, 3.05) is 25.4 Å². The van der Waals surface area contributed by atoms with E-state index in [1.807, 2.05) is 37.4 Å². The third-order valence-electron chi connectivity index (χ3n) is 3.75. The minimum atomic E-state index is -0.459. The lowest BCUT2D eigenvalue weighted by molar-refractivity contribution is -0.132. The van der Waals surface area contributed by atoms with Gasteiger partial charge in [-0.05, 0) is 33.6 Å². The molecule has 0 aromatic rings. The molecule has 20 heavy (non-hydrogen) atoms. The summed E-state index contributed by atoms with van der Waals surface area (Å²) in [6.45, 7) is 9.40. The number of thioether (sulfide) groups is 1. The summed E-state index contributed by atoms with van der Waals surface area (Å²) in [6.07, 6.45) is 1.41. The summed E-state index contributed by atoms with van der Waals surface area (Å²) in [4.78, 5) is 27.4. The number of hydrogen-bond donors (Lipinski definition) is 0. The number of nitrogens with zero attached hydrogens (tertiary/aromatic N) is 2. The van der Waals surface area contributed by atoms with Gasteiger partial charge < -0.3 is 14.5 Å². The summed E-state index contributed by atoms with van der Waals surface area (Å²) in [5, 5.41) is 0. The van der Waals surface area contributed by atoms with Crippen LogP contribution in [0.3, 0.4) is 0 Å². The van der Waals surface area contributed by atoms with E-state index >= 15 is 0 Å². The molecule has 2 heterocycles. The minimum Gasteiger partial charge on any atom is -0.444 e. The van der Waals surface area contributed by atoms with Gasteiger partial charge in [-0.2, -0.15) is 0 Å². The van der Waals surface area contributed by atoms with Gasteiger partial charge in [0.2, 0.25) is 5.91 Å². The largest absolute Gasteiger partial charge is 0.444 e. The first-order valence-corrected chi connectivity index (χ1v) is 8.12. The predicted molar refractivity (Wildman–Crippen MR) is 79.6 cm³/mol. The molecule has 0 unspecified atom stereocenters. The van der Waals surface area contributed by atoms with Crippen molar-refractivity contribution < 1.29 is 14.3 Å². The molecule has 2 aliphatic rings. The van der Waals surface area contributed by atoms with Crippen molar-refractivity contribution in [1.82, 2.24) is 9.80 Å². The third-order valence-corrected chi connectivity index (χ3v) is 5.31. The molecule has 0 saturated carbocycles. The van der Waals surface area contributed by atoms with Crippen LogP contribution in [0, 0.1) is 0 Å². The van der Waals surface area contributed by atoms with Gasteiger partial charge in [0.05, 0.1) is 4.87 Å². The maximum Gasteiger partial charge on any atom is 0.410 e. The normalized spacial score (nSPS) is 22.2. The summed E-state index contributed by atoms with van der Waals surface area (Å²) in [5.41, 5.74) is -0.459.